The second kappa shape index (κ2) is 6.57. The van der Waals surface area contributed by atoms with Crippen LogP contribution in [0.4, 0.5) is 18.3 Å². The summed E-state index contributed by atoms with van der Waals surface area (Å²) >= 11 is 1.19. The molecule has 3 aromatic rings. The van der Waals surface area contributed by atoms with E-state index in [2.05, 4.69) is 20.5 Å². The maximum atomic E-state index is 13.0. The maximum Gasteiger partial charge on any atom is 0.417 e. The summed E-state index contributed by atoms with van der Waals surface area (Å²) in [5, 5.41) is 11.5. The van der Waals surface area contributed by atoms with Crippen molar-refractivity contribution in [1.82, 2.24) is 19.6 Å². The number of ether oxygens (including phenoxy) is 1. The van der Waals surface area contributed by atoms with Crippen LogP contribution in [0, 0.1) is 6.92 Å². The van der Waals surface area contributed by atoms with Gasteiger partial charge in [-0.15, -0.1) is 10.2 Å². The average molecular weight is 397 g/mol. The number of carbonyl (C=O) groups is 1. The smallest absolute Gasteiger partial charge is 0.371 e. The van der Waals surface area contributed by atoms with Gasteiger partial charge >= 0.3 is 6.18 Å². The highest BCUT2D eigenvalue weighted by atomic mass is 32.1. The second-order valence-corrected chi connectivity index (χ2v) is 7.10. The van der Waals surface area contributed by atoms with Gasteiger partial charge in [0.15, 0.2) is 0 Å². The van der Waals surface area contributed by atoms with Gasteiger partial charge in [0.25, 0.3) is 5.91 Å². The van der Waals surface area contributed by atoms with Gasteiger partial charge in [0, 0.05) is 12.8 Å². The molecule has 1 atom stereocenters. The SMILES string of the molecule is Cc1nc2ccc(C(F)(F)F)cn2c1C(=O)Nc1nnc(C2CCCO2)s1. The number of aryl methyl sites for hydroxylation is 1. The van der Waals surface area contributed by atoms with E-state index in [0.717, 1.165) is 29.5 Å². The molecule has 1 aliphatic heterocycles. The highest BCUT2D eigenvalue weighted by Gasteiger charge is 2.32. The van der Waals surface area contributed by atoms with Crippen LogP contribution in [0.5, 0.6) is 0 Å². The van der Waals surface area contributed by atoms with E-state index in [9.17, 15) is 18.0 Å². The van der Waals surface area contributed by atoms with E-state index in [1.165, 1.54) is 17.4 Å². The number of fused-ring (bicyclic) bond motifs is 1. The maximum absolute atomic E-state index is 13.0. The topological polar surface area (TPSA) is 81.4 Å². The Hall–Kier alpha value is -2.53. The van der Waals surface area contributed by atoms with Gasteiger partial charge < -0.3 is 4.74 Å². The molecular weight excluding hydrogens is 383 g/mol. The Morgan fingerprint density at radius 2 is 2.19 bits per heavy atom. The molecule has 3 aromatic heterocycles. The molecule has 1 fully saturated rings. The van der Waals surface area contributed by atoms with Gasteiger partial charge in [-0.3, -0.25) is 14.5 Å². The fourth-order valence-corrected chi connectivity index (χ4v) is 3.77. The number of nitrogens with zero attached hydrogens (tertiary/aromatic N) is 4. The van der Waals surface area contributed by atoms with Crippen LogP contribution in [-0.2, 0) is 10.9 Å². The molecule has 0 aromatic carbocycles. The molecule has 1 unspecified atom stereocenters. The highest BCUT2D eigenvalue weighted by Crippen LogP contribution is 2.32. The lowest BCUT2D eigenvalue weighted by Gasteiger charge is -2.08. The van der Waals surface area contributed by atoms with Crippen molar-refractivity contribution in [2.75, 3.05) is 11.9 Å². The van der Waals surface area contributed by atoms with Gasteiger partial charge in [0.2, 0.25) is 5.13 Å². The Bertz CT molecular complexity index is 1010. The highest BCUT2D eigenvalue weighted by molar-refractivity contribution is 7.15. The minimum atomic E-state index is -4.52. The zero-order valence-corrected chi connectivity index (χ0v) is 14.9. The van der Waals surface area contributed by atoms with E-state index in [1.54, 1.807) is 6.92 Å². The number of rotatable bonds is 3. The Labute approximate surface area is 155 Å². The van der Waals surface area contributed by atoms with E-state index in [0.29, 0.717) is 17.3 Å². The van der Waals surface area contributed by atoms with Crippen LogP contribution in [0.2, 0.25) is 0 Å². The van der Waals surface area contributed by atoms with Crippen molar-refractivity contribution in [2.45, 2.75) is 32.0 Å². The molecule has 1 aliphatic rings. The van der Waals surface area contributed by atoms with E-state index in [1.807, 2.05) is 0 Å². The van der Waals surface area contributed by atoms with Gasteiger partial charge in [-0.25, -0.2) is 4.98 Å². The summed E-state index contributed by atoms with van der Waals surface area (Å²) in [7, 11) is 0. The molecule has 1 amide bonds. The lowest BCUT2D eigenvalue weighted by Crippen LogP contribution is -2.16. The third kappa shape index (κ3) is 3.39. The number of anilines is 1. The summed E-state index contributed by atoms with van der Waals surface area (Å²) in [5.74, 6) is -0.602. The van der Waals surface area contributed by atoms with Crippen LogP contribution >= 0.6 is 11.3 Å². The van der Waals surface area contributed by atoms with Crippen molar-refractivity contribution in [1.29, 1.82) is 0 Å². The second-order valence-electron chi connectivity index (χ2n) is 6.09. The fraction of sp³-hybridized carbons (Fsp3) is 0.375. The summed E-state index contributed by atoms with van der Waals surface area (Å²) in [4.78, 5) is 16.8. The van der Waals surface area contributed by atoms with Crippen LogP contribution in [0.1, 0.15) is 45.7 Å². The van der Waals surface area contributed by atoms with Crippen molar-refractivity contribution >= 4 is 28.0 Å². The molecule has 0 spiro atoms. The number of alkyl halides is 3. The summed E-state index contributed by atoms with van der Waals surface area (Å²) in [5.41, 5.74) is -0.276. The largest absolute Gasteiger partial charge is 0.417 e. The van der Waals surface area contributed by atoms with E-state index in [4.69, 9.17) is 4.74 Å². The molecule has 7 nitrogen and oxygen atoms in total. The molecule has 1 N–H and O–H groups in total. The van der Waals surface area contributed by atoms with Crippen molar-refractivity contribution < 1.29 is 22.7 Å². The van der Waals surface area contributed by atoms with Crippen LogP contribution in [0.25, 0.3) is 5.65 Å². The summed E-state index contributed by atoms with van der Waals surface area (Å²) < 4.78 is 45.6. The first-order valence-corrected chi connectivity index (χ1v) is 8.97. The van der Waals surface area contributed by atoms with Gasteiger partial charge in [-0.05, 0) is 31.9 Å². The lowest BCUT2D eigenvalue weighted by molar-refractivity contribution is -0.137. The van der Waals surface area contributed by atoms with Gasteiger partial charge in [0.1, 0.15) is 22.5 Å². The minimum absolute atomic E-state index is 0.0185. The first kappa shape index (κ1) is 17.9. The summed E-state index contributed by atoms with van der Waals surface area (Å²) in [6.07, 6.45) is -2.00. The summed E-state index contributed by atoms with van der Waals surface area (Å²) in [6, 6.07) is 2.16. The van der Waals surface area contributed by atoms with Crippen molar-refractivity contribution in [2.24, 2.45) is 0 Å². The zero-order chi connectivity index (χ0) is 19.2. The molecule has 27 heavy (non-hydrogen) atoms. The number of amides is 1. The number of hydrogen-bond acceptors (Lipinski definition) is 6. The number of carbonyl (C=O) groups excluding carboxylic acids is 1. The van der Waals surface area contributed by atoms with Gasteiger partial charge in [-0.1, -0.05) is 11.3 Å². The lowest BCUT2D eigenvalue weighted by atomic mass is 10.2. The van der Waals surface area contributed by atoms with Gasteiger partial charge in [-0.2, -0.15) is 13.2 Å². The van der Waals surface area contributed by atoms with E-state index in [-0.39, 0.29) is 22.6 Å². The molecule has 0 bridgehead atoms. The van der Waals surface area contributed by atoms with Crippen LogP contribution < -0.4 is 5.32 Å². The Balaban J connectivity index is 1.63. The number of halogens is 3. The third-order valence-electron chi connectivity index (χ3n) is 4.20. The normalized spacial score (nSPS) is 17.6. The van der Waals surface area contributed by atoms with Crippen molar-refractivity contribution in [3.05, 3.63) is 40.3 Å². The van der Waals surface area contributed by atoms with Crippen molar-refractivity contribution in [3.63, 3.8) is 0 Å². The molecule has 4 heterocycles. The molecule has 4 rings (SSSR count). The average Bonchev–Trinajstić information content (AvgIpc) is 3.31. The molecular formula is C16H14F3N5O2S. The molecule has 0 aliphatic carbocycles. The van der Waals surface area contributed by atoms with Crippen molar-refractivity contribution in [3.8, 4) is 0 Å². The molecule has 142 valence electrons. The molecule has 0 radical (unpaired) electrons. The van der Waals surface area contributed by atoms with E-state index >= 15 is 0 Å². The zero-order valence-electron chi connectivity index (χ0n) is 14.1. The number of aromatic nitrogens is 4. The predicted molar refractivity (Wildman–Crippen MR) is 90.7 cm³/mol. The van der Waals surface area contributed by atoms with Gasteiger partial charge in [0.05, 0.1) is 11.3 Å². The fourth-order valence-electron chi connectivity index (χ4n) is 2.95. The third-order valence-corrected chi connectivity index (χ3v) is 5.13. The van der Waals surface area contributed by atoms with Crippen LogP contribution in [-0.4, -0.2) is 32.1 Å². The monoisotopic (exact) mass is 397 g/mol. The molecule has 11 heteroatoms. The van der Waals surface area contributed by atoms with E-state index < -0.39 is 17.6 Å². The Morgan fingerprint density at radius 3 is 2.89 bits per heavy atom. The molecule has 1 saturated heterocycles. The molecule has 0 saturated carbocycles. The Morgan fingerprint density at radius 1 is 1.37 bits per heavy atom. The quantitative estimate of drug-likeness (QED) is 0.730. The Kier molecular flexibility index (Phi) is 4.35. The summed E-state index contributed by atoms with van der Waals surface area (Å²) in [6.45, 7) is 2.22. The van der Waals surface area contributed by atoms with Crippen LogP contribution in [0.15, 0.2) is 18.3 Å². The number of hydrogen-bond donors (Lipinski definition) is 1. The first-order chi connectivity index (χ1) is 12.8. The number of pyridine rings is 1. The first-order valence-electron chi connectivity index (χ1n) is 8.15. The van der Waals surface area contributed by atoms with Crippen LogP contribution in [0.3, 0.4) is 0 Å². The minimum Gasteiger partial charge on any atom is -0.371 e. The number of nitrogens with one attached hydrogen (secondary N) is 1. The predicted octanol–water partition coefficient (Wildman–Crippen LogP) is 3.62. The number of imidazole rings is 1. The standard InChI is InChI=1S/C16H14F3N5O2S/c1-8-12(24-7-9(16(17,18)19)4-5-11(24)20-8)13(25)21-15-23-22-14(27-15)10-3-2-6-26-10/h4-5,7,10H,2-3,6H2,1H3,(H,21,23,25).